The molecule has 2 aromatic carbocycles. The zero-order valence-corrected chi connectivity index (χ0v) is 15.6. The topological polar surface area (TPSA) is 70.6 Å². The largest absolute Gasteiger partial charge is 0.469 e. The van der Waals surface area contributed by atoms with Crippen LogP contribution >= 0.6 is 11.6 Å². The quantitative estimate of drug-likeness (QED) is 0.659. The molecule has 7 heteroatoms. The summed E-state index contributed by atoms with van der Waals surface area (Å²) in [6.07, 6.45) is -0.172. The van der Waals surface area contributed by atoms with Crippen molar-refractivity contribution in [3.63, 3.8) is 0 Å². The van der Waals surface area contributed by atoms with Crippen LogP contribution in [0.1, 0.15) is 23.5 Å². The van der Waals surface area contributed by atoms with Gasteiger partial charge < -0.3 is 9.84 Å². The van der Waals surface area contributed by atoms with Gasteiger partial charge >= 0.3 is 5.97 Å². The lowest BCUT2D eigenvalue weighted by atomic mass is 9.77. The maximum atomic E-state index is 13.6. The zero-order valence-electron chi connectivity index (χ0n) is 14.9. The van der Waals surface area contributed by atoms with Crippen LogP contribution in [0.3, 0.4) is 0 Å². The van der Waals surface area contributed by atoms with E-state index >= 15 is 0 Å². The molecule has 2 aromatic rings. The lowest BCUT2D eigenvalue weighted by Gasteiger charge is -2.29. The summed E-state index contributed by atoms with van der Waals surface area (Å²) in [5, 5.41) is 10.5. The molecule has 0 saturated carbocycles. The van der Waals surface area contributed by atoms with Crippen LogP contribution in [-0.2, 0) is 16.0 Å². The van der Waals surface area contributed by atoms with E-state index in [9.17, 15) is 14.3 Å². The highest BCUT2D eigenvalue weighted by Crippen LogP contribution is 2.37. The summed E-state index contributed by atoms with van der Waals surface area (Å²) in [5.74, 6) is -1.67. The molecule has 0 aliphatic carbocycles. The van der Waals surface area contributed by atoms with Gasteiger partial charge in [-0.15, -0.1) is 0 Å². The molecule has 27 heavy (non-hydrogen) atoms. The van der Waals surface area contributed by atoms with E-state index in [1.54, 1.807) is 6.07 Å². The van der Waals surface area contributed by atoms with Crippen LogP contribution in [0.5, 0.6) is 0 Å². The predicted molar refractivity (Wildman–Crippen MR) is 100 cm³/mol. The fourth-order valence-corrected chi connectivity index (χ4v) is 3.83. The van der Waals surface area contributed by atoms with E-state index < -0.39 is 23.9 Å². The standard InChI is InChI=1S/C20H22ClFN2O3/c1-27-18(25)11-14(13-7-8-16(22)15(21)10-13)19-17(23-24-20(19)26)9-12-5-3-2-4-6-12/h2-8,10,14,17,19-20,23-24,26H,9,11H2,1H3. The van der Waals surface area contributed by atoms with Crippen molar-refractivity contribution in [3.05, 3.63) is 70.5 Å². The molecular formula is C20H22ClFN2O3. The Morgan fingerprint density at radius 3 is 2.67 bits per heavy atom. The molecule has 144 valence electrons. The van der Waals surface area contributed by atoms with Crippen molar-refractivity contribution in [2.24, 2.45) is 5.92 Å². The Hall–Kier alpha value is -1.99. The van der Waals surface area contributed by atoms with Crippen LogP contribution in [0.25, 0.3) is 0 Å². The van der Waals surface area contributed by atoms with Gasteiger partial charge in [0.15, 0.2) is 0 Å². The predicted octanol–water partition coefficient (Wildman–Crippen LogP) is 2.78. The third-order valence-corrected chi connectivity index (χ3v) is 5.28. The molecular weight excluding hydrogens is 371 g/mol. The van der Waals surface area contributed by atoms with E-state index in [1.165, 1.54) is 19.2 Å². The van der Waals surface area contributed by atoms with Crippen LogP contribution in [0, 0.1) is 11.7 Å². The summed E-state index contributed by atoms with van der Waals surface area (Å²) in [4.78, 5) is 12.0. The van der Waals surface area contributed by atoms with Gasteiger partial charge in [0.05, 0.1) is 18.6 Å². The molecule has 4 atom stereocenters. The van der Waals surface area contributed by atoms with Gasteiger partial charge in [0.1, 0.15) is 12.0 Å². The van der Waals surface area contributed by atoms with Gasteiger partial charge in [-0.25, -0.2) is 9.82 Å². The first kappa shape index (κ1) is 19.8. The third-order valence-electron chi connectivity index (χ3n) is 4.99. The smallest absolute Gasteiger partial charge is 0.306 e. The molecule has 5 nitrogen and oxygen atoms in total. The Bertz CT molecular complexity index is 790. The highest BCUT2D eigenvalue weighted by molar-refractivity contribution is 6.30. The Morgan fingerprint density at radius 1 is 1.26 bits per heavy atom. The van der Waals surface area contributed by atoms with Crippen LogP contribution < -0.4 is 10.9 Å². The fourth-order valence-electron chi connectivity index (χ4n) is 3.64. The number of hydrogen-bond acceptors (Lipinski definition) is 5. The van der Waals surface area contributed by atoms with E-state index in [-0.39, 0.29) is 23.4 Å². The first-order valence-electron chi connectivity index (χ1n) is 8.74. The fraction of sp³-hybridized carbons (Fsp3) is 0.350. The van der Waals surface area contributed by atoms with Crippen molar-refractivity contribution < 1.29 is 19.0 Å². The molecule has 4 unspecified atom stereocenters. The molecule has 1 heterocycles. The normalized spacial score (nSPS) is 23.2. The van der Waals surface area contributed by atoms with Gasteiger partial charge in [0, 0.05) is 17.9 Å². The van der Waals surface area contributed by atoms with Gasteiger partial charge in [-0.2, -0.15) is 0 Å². The molecule has 0 amide bonds. The molecule has 0 aromatic heterocycles. The number of carbonyl (C=O) groups excluding carboxylic acids is 1. The minimum Gasteiger partial charge on any atom is -0.469 e. The van der Waals surface area contributed by atoms with Gasteiger partial charge in [-0.1, -0.05) is 48.0 Å². The van der Waals surface area contributed by atoms with E-state index in [0.717, 1.165) is 5.56 Å². The number of halogens is 2. The Morgan fingerprint density at radius 2 is 2.00 bits per heavy atom. The summed E-state index contributed by atoms with van der Waals surface area (Å²) < 4.78 is 18.4. The molecule has 3 N–H and O–H groups in total. The summed E-state index contributed by atoms with van der Waals surface area (Å²) >= 11 is 5.95. The number of ether oxygens (including phenoxy) is 1. The Kier molecular flexibility index (Phi) is 6.44. The van der Waals surface area contributed by atoms with Gasteiger partial charge in [0.25, 0.3) is 0 Å². The van der Waals surface area contributed by atoms with Gasteiger partial charge in [-0.05, 0) is 29.7 Å². The molecule has 1 saturated heterocycles. The minimum atomic E-state index is -0.878. The van der Waals surface area contributed by atoms with Gasteiger partial charge in [-0.3, -0.25) is 10.2 Å². The summed E-state index contributed by atoms with van der Waals surface area (Å²) in [6, 6.07) is 14.1. The van der Waals surface area contributed by atoms with Crippen molar-refractivity contribution >= 4 is 17.6 Å². The number of hydrogen-bond donors (Lipinski definition) is 3. The minimum absolute atomic E-state index is 0.0182. The molecule has 3 rings (SSSR count). The van der Waals surface area contributed by atoms with Crippen molar-refractivity contribution in [3.8, 4) is 0 Å². The van der Waals surface area contributed by atoms with Crippen LogP contribution in [0.15, 0.2) is 48.5 Å². The second-order valence-corrected chi connectivity index (χ2v) is 7.07. The van der Waals surface area contributed by atoms with E-state index in [1.807, 2.05) is 30.3 Å². The van der Waals surface area contributed by atoms with Crippen LogP contribution in [0.4, 0.5) is 4.39 Å². The number of methoxy groups -OCH3 is 1. The average molecular weight is 393 g/mol. The SMILES string of the molecule is COC(=O)CC(c1ccc(F)c(Cl)c1)C1C(O)NNC1Cc1ccccc1. The van der Waals surface area contributed by atoms with Crippen LogP contribution in [0.2, 0.25) is 5.02 Å². The second kappa shape index (κ2) is 8.80. The summed E-state index contributed by atoms with van der Waals surface area (Å²) in [6.45, 7) is 0. The highest BCUT2D eigenvalue weighted by atomic mass is 35.5. The molecule has 0 spiro atoms. The molecule has 1 fully saturated rings. The number of aliphatic hydroxyl groups is 1. The summed E-state index contributed by atoms with van der Waals surface area (Å²) in [7, 11) is 1.32. The van der Waals surface area contributed by atoms with Crippen molar-refractivity contribution in [1.82, 2.24) is 10.9 Å². The van der Waals surface area contributed by atoms with Crippen molar-refractivity contribution in [1.29, 1.82) is 0 Å². The maximum absolute atomic E-state index is 13.6. The third kappa shape index (κ3) is 4.65. The molecule has 0 radical (unpaired) electrons. The zero-order chi connectivity index (χ0) is 19.4. The number of aliphatic hydroxyl groups excluding tert-OH is 1. The van der Waals surface area contributed by atoms with Crippen molar-refractivity contribution in [2.75, 3.05) is 7.11 Å². The summed E-state index contributed by atoms with van der Waals surface area (Å²) in [5.41, 5.74) is 7.75. The molecule has 1 aliphatic rings. The maximum Gasteiger partial charge on any atom is 0.306 e. The number of hydrazine groups is 1. The lowest BCUT2D eigenvalue weighted by Crippen LogP contribution is -2.36. The number of rotatable bonds is 6. The second-order valence-electron chi connectivity index (χ2n) is 6.67. The highest BCUT2D eigenvalue weighted by Gasteiger charge is 2.41. The number of nitrogens with one attached hydrogen (secondary N) is 2. The average Bonchev–Trinajstić information content (AvgIpc) is 3.02. The van der Waals surface area contributed by atoms with E-state index in [0.29, 0.717) is 12.0 Å². The number of benzene rings is 2. The molecule has 1 aliphatic heterocycles. The van der Waals surface area contributed by atoms with E-state index in [2.05, 4.69) is 10.9 Å². The number of carbonyl (C=O) groups is 1. The lowest BCUT2D eigenvalue weighted by molar-refractivity contribution is -0.141. The number of esters is 1. The molecule has 0 bridgehead atoms. The Labute approximate surface area is 162 Å². The monoisotopic (exact) mass is 392 g/mol. The van der Waals surface area contributed by atoms with Crippen LogP contribution in [-0.4, -0.2) is 30.5 Å². The first-order valence-corrected chi connectivity index (χ1v) is 9.12. The Balaban J connectivity index is 1.92. The first-order chi connectivity index (χ1) is 13.0. The van der Waals surface area contributed by atoms with Gasteiger partial charge in [0.2, 0.25) is 0 Å². The van der Waals surface area contributed by atoms with Crippen molar-refractivity contribution in [2.45, 2.75) is 31.0 Å². The van der Waals surface area contributed by atoms with E-state index in [4.69, 9.17) is 16.3 Å².